The van der Waals surface area contributed by atoms with Crippen molar-refractivity contribution in [1.29, 1.82) is 0 Å². The standard InChI is InChI=1S/C16H16O2/c1-9-7-13-14(8-10(9)2)16(18)12-6-4-3-5-11(12)15(13)17/h3-6,13-14H,7-8H2,1-2H3/t13-,14-/m1/s1. The fraction of sp³-hybridized carbons (Fsp3) is 0.375. The van der Waals surface area contributed by atoms with E-state index in [4.69, 9.17) is 0 Å². The third kappa shape index (κ3) is 1.48. The normalized spacial score (nSPS) is 27.0. The zero-order valence-corrected chi connectivity index (χ0v) is 10.7. The number of hydrogen-bond donors (Lipinski definition) is 0. The molecule has 2 nitrogen and oxygen atoms in total. The first kappa shape index (κ1) is 11.4. The number of rotatable bonds is 0. The highest BCUT2D eigenvalue weighted by Crippen LogP contribution is 2.41. The largest absolute Gasteiger partial charge is 0.294 e. The molecule has 2 aliphatic carbocycles. The van der Waals surface area contributed by atoms with Gasteiger partial charge in [0.1, 0.15) is 0 Å². The Morgan fingerprint density at radius 1 is 0.833 bits per heavy atom. The van der Waals surface area contributed by atoms with E-state index in [0.717, 1.165) is 12.8 Å². The molecule has 2 heteroatoms. The summed E-state index contributed by atoms with van der Waals surface area (Å²) >= 11 is 0. The SMILES string of the molecule is CC1=C(C)C[C@H]2C(=O)c3ccccc3C(=O)[C@@H]2C1. The molecule has 2 atom stereocenters. The van der Waals surface area contributed by atoms with E-state index >= 15 is 0 Å². The van der Waals surface area contributed by atoms with Gasteiger partial charge in [-0.25, -0.2) is 0 Å². The highest BCUT2D eigenvalue weighted by Gasteiger charge is 2.42. The summed E-state index contributed by atoms with van der Waals surface area (Å²) in [6.45, 7) is 4.15. The summed E-state index contributed by atoms with van der Waals surface area (Å²) in [5.41, 5.74) is 3.79. The highest BCUT2D eigenvalue weighted by atomic mass is 16.1. The van der Waals surface area contributed by atoms with Crippen LogP contribution in [0.5, 0.6) is 0 Å². The van der Waals surface area contributed by atoms with Crippen LogP contribution in [0.25, 0.3) is 0 Å². The minimum Gasteiger partial charge on any atom is -0.294 e. The lowest BCUT2D eigenvalue weighted by Crippen LogP contribution is -2.38. The second-order valence-electron chi connectivity index (χ2n) is 5.46. The fourth-order valence-electron chi connectivity index (χ4n) is 3.16. The van der Waals surface area contributed by atoms with Crippen molar-refractivity contribution in [3.05, 3.63) is 46.5 Å². The van der Waals surface area contributed by atoms with Gasteiger partial charge in [0.05, 0.1) is 0 Å². The second-order valence-corrected chi connectivity index (χ2v) is 5.46. The number of carbonyl (C=O) groups excluding carboxylic acids is 2. The highest BCUT2D eigenvalue weighted by molar-refractivity contribution is 6.16. The van der Waals surface area contributed by atoms with Crippen molar-refractivity contribution in [3.8, 4) is 0 Å². The van der Waals surface area contributed by atoms with E-state index in [1.165, 1.54) is 11.1 Å². The lowest BCUT2D eigenvalue weighted by Gasteiger charge is -2.35. The first-order valence-corrected chi connectivity index (χ1v) is 6.42. The van der Waals surface area contributed by atoms with Crippen LogP contribution in [0.15, 0.2) is 35.4 Å². The topological polar surface area (TPSA) is 34.1 Å². The number of benzene rings is 1. The van der Waals surface area contributed by atoms with E-state index < -0.39 is 0 Å². The van der Waals surface area contributed by atoms with Crippen molar-refractivity contribution in [1.82, 2.24) is 0 Å². The Morgan fingerprint density at radius 2 is 1.22 bits per heavy atom. The quantitative estimate of drug-likeness (QED) is 0.651. The number of hydrogen-bond acceptors (Lipinski definition) is 2. The van der Waals surface area contributed by atoms with Gasteiger partial charge in [-0.1, -0.05) is 35.4 Å². The van der Waals surface area contributed by atoms with Crippen LogP contribution in [-0.2, 0) is 0 Å². The Morgan fingerprint density at radius 3 is 1.61 bits per heavy atom. The first-order valence-electron chi connectivity index (χ1n) is 6.42. The van der Waals surface area contributed by atoms with Gasteiger partial charge in [0.15, 0.2) is 11.6 Å². The molecule has 0 amide bonds. The van der Waals surface area contributed by atoms with Crippen LogP contribution in [0, 0.1) is 11.8 Å². The Hall–Kier alpha value is -1.70. The maximum atomic E-state index is 12.5. The molecule has 0 spiro atoms. The minimum atomic E-state index is -0.129. The molecule has 0 unspecified atom stereocenters. The van der Waals surface area contributed by atoms with Gasteiger partial charge >= 0.3 is 0 Å². The summed E-state index contributed by atoms with van der Waals surface area (Å²) in [5, 5.41) is 0. The van der Waals surface area contributed by atoms with Crippen molar-refractivity contribution < 1.29 is 9.59 Å². The van der Waals surface area contributed by atoms with Crippen LogP contribution in [0.4, 0.5) is 0 Å². The summed E-state index contributed by atoms with van der Waals surface area (Å²) in [6, 6.07) is 7.24. The third-order valence-corrected chi connectivity index (χ3v) is 4.40. The summed E-state index contributed by atoms with van der Waals surface area (Å²) in [4.78, 5) is 24.9. The lowest BCUT2D eigenvalue weighted by molar-refractivity contribution is 0.0721. The average Bonchev–Trinajstić information content (AvgIpc) is 2.38. The van der Waals surface area contributed by atoms with Crippen molar-refractivity contribution in [2.24, 2.45) is 11.8 Å². The first-order chi connectivity index (χ1) is 8.59. The smallest absolute Gasteiger partial charge is 0.167 e. The number of allylic oxidation sites excluding steroid dienone is 2. The Kier molecular flexibility index (Phi) is 2.47. The van der Waals surface area contributed by atoms with Gasteiger partial charge in [-0.3, -0.25) is 9.59 Å². The molecular weight excluding hydrogens is 224 g/mol. The Balaban J connectivity index is 2.12. The average molecular weight is 240 g/mol. The molecular formula is C16H16O2. The van der Waals surface area contributed by atoms with Crippen molar-refractivity contribution in [2.75, 3.05) is 0 Å². The zero-order valence-electron chi connectivity index (χ0n) is 10.7. The third-order valence-electron chi connectivity index (χ3n) is 4.40. The van der Waals surface area contributed by atoms with Gasteiger partial charge in [0.25, 0.3) is 0 Å². The number of Topliss-reactive ketones (excluding diaryl/α,β-unsaturated/α-hetero) is 2. The van der Waals surface area contributed by atoms with Crippen LogP contribution in [-0.4, -0.2) is 11.6 Å². The van der Waals surface area contributed by atoms with E-state index in [9.17, 15) is 9.59 Å². The Labute approximate surface area is 107 Å². The maximum Gasteiger partial charge on any atom is 0.167 e. The van der Waals surface area contributed by atoms with E-state index in [-0.39, 0.29) is 23.4 Å². The van der Waals surface area contributed by atoms with Crippen LogP contribution in [0.3, 0.4) is 0 Å². The van der Waals surface area contributed by atoms with Gasteiger partial charge in [-0.05, 0) is 26.7 Å². The van der Waals surface area contributed by atoms with E-state index in [0.29, 0.717) is 11.1 Å². The molecule has 18 heavy (non-hydrogen) atoms. The van der Waals surface area contributed by atoms with Crippen LogP contribution >= 0.6 is 0 Å². The van der Waals surface area contributed by atoms with E-state index in [2.05, 4.69) is 13.8 Å². The van der Waals surface area contributed by atoms with E-state index in [1.54, 1.807) is 12.1 Å². The van der Waals surface area contributed by atoms with Crippen molar-refractivity contribution in [2.45, 2.75) is 26.7 Å². The zero-order chi connectivity index (χ0) is 12.9. The number of carbonyl (C=O) groups is 2. The molecule has 0 aromatic heterocycles. The molecule has 0 fully saturated rings. The van der Waals surface area contributed by atoms with Gasteiger partial charge in [-0.2, -0.15) is 0 Å². The molecule has 92 valence electrons. The summed E-state index contributed by atoms with van der Waals surface area (Å²) in [5.74, 6) is 0.0521. The van der Waals surface area contributed by atoms with Gasteiger partial charge < -0.3 is 0 Å². The molecule has 0 saturated heterocycles. The summed E-state index contributed by atoms with van der Waals surface area (Å²) < 4.78 is 0. The molecule has 0 N–H and O–H groups in total. The molecule has 0 heterocycles. The lowest BCUT2D eigenvalue weighted by atomic mass is 9.66. The monoisotopic (exact) mass is 240 g/mol. The second kappa shape index (κ2) is 3.91. The fourth-order valence-corrected chi connectivity index (χ4v) is 3.16. The molecule has 0 bridgehead atoms. The predicted octanol–water partition coefficient (Wildman–Crippen LogP) is 3.43. The molecule has 3 rings (SSSR count). The van der Waals surface area contributed by atoms with Crippen LogP contribution < -0.4 is 0 Å². The molecule has 0 saturated carbocycles. The number of fused-ring (bicyclic) bond motifs is 2. The molecule has 0 aliphatic heterocycles. The molecule has 0 radical (unpaired) electrons. The van der Waals surface area contributed by atoms with E-state index in [1.807, 2.05) is 12.1 Å². The molecule has 1 aromatic carbocycles. The minimum absolute atomic E-state index is 0.129. The summed E-state index contributed by atoms with van der Waals surface area (Å²) in [7, 11) is 0. The van der Waals surface area contributed by atoms with Crippen LogP contribution in [0.1, 0.15) is 47.4 Å². The van der Waals surface area contributed by atoms with Gasteiger partial charge in [-0.15, -0.1) is 0 Å². The summed E-state index contributed by atoms with van der Waals surface area (Å²) in [6.07, 6.45) is 1.49. The van der Waals surface area contributed by atoms with Gasteiger partial charge in [0.2, 0.25) is 0 Å². The number of ketones is 2. The molecule has 1 aromatic rings. The van der Waals surface area contributed by atoms with Crippen LogP contribution in [0.2, 0.25) is 0 Å². The van der Waals surface area contributed by atoms with Gasteiger partial charge in [0, 0.05) is 23.0 Å². The molecule has 2 aliphatic rings. The predicted molar refractivity (Wildman–Crippen MR) is 69.7 cm³/mol. The Bertz CT molecular complexity index is 530. The van der Waals surface area contributed by atoms with Crippen molar-refractivity contribution >= 4 is 11.6 Å². The van der Waals surface area contributed by atoms with Crippen molar-refractivity contribution in [3.63, 3.8) is 0 Å². The maximum absolute atomic E-state index is 12.5.